The van der Waals surface area contributed by atoms with Gasteiger partial charge in [-0.2, -0.15) is 0 Å². The number of aliphatic hydroxyl groups is 4. The second-order valence-corrected chi connectivity index (χ2v) is 8.46. The normalized spacial score (nSPS) is 27.8. The molecule has 0 spiro atoms. The molecule has 0 aromatic carbocycles. The van der Waals surface area contributed by atoms with E-state index in [9.17, 15) is 29.4 Å². The summed E-state index contributed by atoms with van der Waals surface area (Å²) in [6.07, 6.45) is 2.01. The molecule has 0 radical (unpaired) electrons. The van der Waals surface area contributed by atoms with Gasteiger partial charge in [-0.05, 0) is 13.8 Å². The first-order valence-corrected chi connectivity index (χ1v) is 11.3. The topological polar surface area (TPSA) is 209 Å². The number of aryl methyl sites for hydroxylation is 1. The van der Waals surface area contributed by atoms with Crippen molar-refractivity contribution >= 4 is 6.08 Å². The van der Waals surface area contributed by atoms with E-state index in [0.29, 0.717) is 11.1 Å². The van der Waals surface area contributed by atoms with Crippen molar-refractivity contribution in [3.8, 4) is 0 Å². The fraction of sp³-hybridized carbons (Fsp3) is 0.545. The van der Waals surface area contributed by atoms with Gasteiger partial charge in [0.05, 0.1) is 31.0 Å². The van der Waals surface area contributed by atoms with Crippen molar-refractivity contribution in [3.63, 3.8) is 0 Å². The Balaban J connectivity index is 0.000000202. The molecule has 2 aliphatic rings. The summed E-state index contributed by atoms with van der Waals surface area (Å²) in [6, 6.07) is 0. The Labute approximate surface area is 203 Å². The van der Waals surface area contributed by atoms with Gasteiger partial charge in [-0.25, -0.2) is 9.59 Å². The second-order valence-electron chi connectivity index (χ2n) is 8.46. The lowest BCUT2D eigenvalue weighted by Gasteiger charge is -2.14. The lowest BCUT2D eigenvalue weighted by Crippen LogP contribution is -2.33. The molecular weight excluding hydrogens is 480 g/mol. The van der Waals surface area contributed by atoms with Crippen LogP contribution in [-0.2, 0) is 9.47 Å². The van der Waals surface area contributed by atoms with E-state index < -0.39 is 59.4 Å². The van der Waals surface area contributed by atoms with E-state index in [-0.39, 0.29) is 26.1 Å². The van der Waals surface area contributed by atoms with E-state index in [1.807, 2.05) is 0 Å². The SMILES string of the molecule is C/C=C/c1cn([C@H]2C[C@H](O)[C@@H](CO)O2)c(=O)[nH]c1=O.Cc1cn([C@H]2C[C@H](O)[C@@H](CO)O2)c(=O)[nH]c1=O. The first-order valence-electron chi connectivity index (χ1n) is 11.3. The lowest BCUT2D eigenvalue weighted by atomic mass is 10.2. The molecule has 2 fully saturated rings. The summed E-state index contributed by atoms with van der Waals surface area (Å²) >= 11 is 0. The molecule has 36 heavy (non-hydrogen) atoms. The Kier molecular flexibility index (Phi) is 8.94. The van der Waals surface area contributed by atoms with Crippen LogP contribution in [0.3, 0.4) is 0 Å². The van der Waals surface area contributed by atoms with Crippen LogP contribution in [0, 0.1) is 6.92 Å². The highest BCUT2D eigenvalue weighted by molar-refractivity contribution is 5.45. The highest BCUT2D eigenvalue weighted by atomic mass is 16.5. The largest absolute Gasteiger partial charge is 0.394 e. The van der Waals surface area contributed by atoms with E-state index in [4.69, 9.17) is 19.7 Å². The molecule has 2 saturated heterocycles. The molecule has 2 aliphatic heterocycles. The average molecular weight is 511 g/mol. The smallest absolute Gasteiger partial charge is 0.330 e. The van der Waals surface area contributed by atoms with Gasteiger partial charge in [0.1, 0.15) is 24.7 Å². The first-order chi connectivity index (χ1) is 17.1. The molecule has 0 bridgehead atoms. The Morgan fingerprint density at radius 2 is 1.36 bits per heavy atom. The number of nitrogens with one attached hydrogen (secondary N) is 2. The number of H-pyrrole nitrogens is 2. The molecule has 6 N–H and O–H groups in total. The van der Waals surface area contributed by atoms with Gasteiger partial charge in [0.2, 0.25) is 0 Å². The van der Waals surface area contributed by atoms with E-state index >= 15 is 0 Å². The minimum absolute atomic E-state index is 0.187. The number of ether oxygens (including phenoxy) is 2. The van der Waals surface area contributed by atoms with Crippen LogP contribution in [0.15, 0.2) is 37.6 Å². The predicted octanol–water partition coefficient (Wildman–Crippen LogP) is -2.30. The number of aliphatic hydroxyl groups excluding tert-OH is 4. The van der Waals surface area contributed by atoms with Gasteiger partial charge in [-0.15, -0.1) is 0 Å². The van der Waals surface area contributed by atoms with Gasteiger partial charge in [0.15, 0.2) is 0 Å². The number of aromatic amines is 2. The zero-order valence-corrected chi connectivity index (χ0v) is 19.7. The maximum Gasteiger partial charge on any atom is 0.330 e. The summed E-state index contributed by atoms with van der Waals surface area (Å²) in [4.78, 5) is 50.4. The standard InChI is InChI=1S/C12H16N2O5.C10H14N2O5/c1-2-3-7-5-14(12(18)13-11(7)17)10-4-8(16)9(6-15)19-10;1-5-3-12(10(16)11-9(5)15)8-2-6(14)7(4-13)17-8/h2-3,5,8-10,15-16H,4,6H2,1H3,(H,13,17,18);3,6-8,13-14H,2,4H2,1H3,(H,11,15,16)/b3-2+;/t8-,9+,10+;6-,7+,8+/m00/s1. The number of aromatic nitrogens is 4. The average Bonchev–Trinajstić information content (AvgIpc) is 3.40. The van der Waals surface area contributed by atoms with Crippen LogP contribution in [0.1, 0.15) is 43.3 Å². The lowest BCUT2D eigenvalue weighted by molar-refractivity contribution is -0.0459. The molecule has 0 unspecified atom stereocenters. The van der Waals surface area contributed by atoms with Gasteiger partial charge >= 0.3 is 11.4 Å². The number of allylic oxidation sites excluding steroid dienone is 1. The summed E-state index contributed by atoms with van der Waals surface area (Å²) in [6.45, 7) is 2.70. The van der Waals surface area contributed by atoms with Crippen LogP contribution in [0.25, 0.3) is 6.08 Å². The zero-order chi connectivity index (χ0) is 26.6. The van der Waals surface area contributed by atoms with Crippen molar-refractivity contribution in [2.24, 2.45) is 0 Å². The van der Waals surface area contributed by atoms with E-state index in [0.717, 1.165) is 0 Å². The molecule has 2 aromatic rings. The number of hydrogen-bond donors (Lipinski definition) is 6. The molecular formula is C22H30N4O10. The van der Waals surface area contributed by atoms with Gasteiger partial charge in [-0.3, -0.25) is 28.7 Å². The zero-order valence-electron chi connectivity index (χ0n) is 19.7. The highest BCUT2D eigenvalue weighted by Crippen LogP contribution is 2.28. The first kappa shape index (κ1) is 27.4. The third-order valence-electron chi connectivity index (χ3n) is 5.88. The Bertz CT molecular complexity index is 1310. The summed E-state index contributed by atoms with van der Waals surface area (Å²) in [5, 5.41) is 37.2. The second kappa shape index (κ2) is 11.7. The summed E-state index contributed by atoms with van der Waals surface area (Å²) < 4.78 is 13.1. The minimum Gasteiger partial charge on any atom is -0.394 e. The Morgan fingerprint density at radius 3 is 1.81 bits per heavy atom. The van der Waals surface area contributed by atoms with Crippen LogP contribution >= 0.6 is 0 Å². The van der Waals surface area contributed by atoms with Gasteiger partial charge in [-0.1, -0.05) is 12.2 Å². The fourth-order valence-corrected chi connectivity index (χ4v) is 3.91. The fourth-order valence-electron chi connectivity index (χ4n) is 3.91. The molecule has 2 aromatic heterocycles. The summed E-state index contributed by atoms with van der Waals surface area (Å²) in [5.41, 5.74) is -1.40. The van der Waals surface area contributed by atoms with Crippen molar-refractivity contribution in [1.82, 2.24) is 19.1 Å². The maximum atomic E-state index is 11.7. The number of rotatable bonds is 5. The van der Waals surface area contributed by atoms with Crippen LogP contribution in [0.4, 0.5) is 0 Å². The number of hydrogen-bond acceptors (Lipinski definition) is 10. The maximum absolute atomic E-state index is 11.7. The van der Waals surface area contributed by atoms with Crippen LogP contribution < -0.4 is 22.5 Å². The van der Waals surface area contributed by atoms with Crippen molar-refractivity contribution in [2.45, 2.75) is 63.6 Å². The van der Waals surface area contributed by atoms with Crippen molar-refractivity contribution in [3.05, 3.63) is 71.3 Å². The molecule has 0 amide bonds. The Morgan fingerprint density at radius 1 is 0.889 bits per heavy atom. The van der Waals surface area contributed by atoms with E-state index in [2.05, 4.69) is 9.97 Å². The third kappa shape index (κ3) is 5.98. The molecule has 198 valence electrons. The van der Waals surface area contributed by atoms with Crippen LogP contribution in [0.2, 0.25) is 0 Å². The van der Waals surface area contributed by atoms with E-state index in [1.54, 1.807) is 26.0 Å². The molecule has 0 saturated carbocycles. The monoisotopic (exact) mass is 510 g/mol. The van der Waals surface area contributed by atoms with Gasteiger partial charge < -0.3 is 29.9 Å². The van der Waals surface area contributed by atoms with Crippen molar-refractivity contribution in [1.29, 1.82) is 0 Å². The van der Waals surface area contributed by atoms with Crippen molar-refractivity contribution < 1.29 is 29.9 Å². The highest BCUT2D eigenvalue weighted by Gasteiger charge is 2.36. The van der Waals surface area contributed by atoms with Gasteiger partial charge in [0, 0.05) is 30.8 Å². The van der Waals surface area contributed by atoms with Crippen molar-refractivity contribution in [2.75, 3.05) is 13.2 Å². The van der Waals surface area contributed by atoms with E-state index in [1.165, 1.54) is 21.5 Å². The quantitative estimate of drug-likeness (QED) is 0.253. The predicted molar refractivity (Wildman–Crippen MR) is 125 cm³/mol. The van der Waals surface area contributed by atoms with Crippen LogP contribution in [0.5, 0.6) is 0 Å². The minimum atomic E-state index is -0.834. The molecule has 14 heteroatoms. The van der Waals surface area contributed by atoms with Crippen LogP contribution in [-0.4, -0.2) is 77.2 Å². The van der Waals surface area contributed by atoms with Gasteiger partial charge in [0.25, 0.3) is 11.1 Å². The summed E-state index contributed by atoms with van der Waals surface area (Å²) in [5.74, 6) is 0. The summed E-state index contributed by atoms with van der Waals surface area (Å²) in [7, 11) is 0. The molecule has 4 heterocycles. The number of nitrogens with zero attached hydrogens (tertiary/aromatic N) is 2. The molecule has 14 nitrogen and oxygen atoms in total. The Hall–Kier alpha value is -3.14. The third-order valence-corrected chi connectivity index (χ3v) is 5.88. The molecule has 0 aliphatic carbocycles. The molecule has 4 rings (SSSR count). The molecule has 6 atom stereocenters.